The van der Waals surface area contributed by atoms with Crippen LogP contribution in [0.4, 0.5) is 0 Å². The third-order valence-electron chi connectivity index (χ3n) is 5.37. The minimum atomic E-state index is -1.29. The molecule has 4 aromatic carbocycles. The Kier molecular flexibility index (Phi) is 9.71. The summed E-state index contributed by atoms with van der Waals surface area (Å²) < 4.78 is 27.8. The lowest BCUT2D eigenvalue weighted by molar-refractivity contribution is -0.140. The number of ether oxygens (including phenoxy) is 5. The van der Waals surface area contributed by atoms with Crippen LogP contribution in [0.3, 0.4) is 0 Å². The molecule has 0 saturated heterocycles. The minimum Gasteiger partial charge on any atom is -0.494 e. The van der Waals surface area contributed by atoms with Crippen LogP contribution in [0.15, 0.2) is 108 Å². The smallest absolute Gasteiger partial charge is 0.343 e. The predicted octanol–water partition coefficient (Wildman–Crippen LogP) is 5.25. The maximum atomic E-state index is 12.9. The van der Waals surface area contributed by atoms with Gasteiger partial charge in [-0.25, -0.2) is 10.2 Å². The van der Waals surface area contributed by atoms with Gasteiger partial charge in [0.1, 0.15) is 17.2 Å². The first kappa shape index (κ1) is 27.7. The topological polar surface area (TPSA) is 105 Å². The average molecular weight is 541 g/mol. The number of hydrazone groups is 1. The fraction of sp³-hybridized carbons (Fsp3) is 0.129. The van der Waals surface area contributed by atoms with Crippen LogP contribution in [0.5, 0.6) is 28.7 Å². The Morgan fingerprint density at radius 2 is 1.43 bits per heavy atom. The highest BCUT2D eigenvalue weighted by Crippen LogP contribution is 2.28. The number of rotatable bonds is 12. The summed E-state index contributed by atoms with van der Waals surface area (Å²) in [7, 11) is 1.46. The van der Waals surface area contributed by atoms with E-state index in [0.29, 0.717) is 40.7 Å². The molecule has 0 unspecified atom stereocenters. The lowest BCUT2D eigenvalue weighted by Gasteiger charge is -2.18. The molecule has 0 aliphatic rings. The number of nitrogens with one attached hydrogen (secondary N) is 1. The first-order valence-electron chi connectivity index (χ1n) is 12.4. The third-order valence-corrected chi connectivity index (χ3v) is 5.37. The van der Waals surface area contributed by atoms with Crippen molar-refractivity contribution in [3.63, 3.8) is 0 Å². The Hall–Kier alpha value is -5.31. The molecule has 0 heterocycles. The summed E-state index contributed by atoms with van der Waals surface area (Å²) >= 11 is 0. The van der Waals surface area contributed by atoms with Gasteiger partial charge in [0, 0.05) is 0 Å². The van der Waals surface area contributed by atoms with Gasteiger partial charge in [-0.2, -0.15) is 5.10 Å². The lowest BCUT2D eigenvalue weighted by Crippen LogP contribution is -2.40. The highest BCUT2D eigenvalue weighted by molar-refractivity contribution is 5.92. The molecule has 4 rings (SSSR count). The summed E-state index contributed by atoms with van der Waals surface area (Å²) in [6, 6.07) is 29.2. The van der Waals surface area contributed by atoms with Crippen LogP contribution in [0.2, 0.25) is 0 Å². The zero-order valence-electron chi connectivity index (χ0n) is 22.0. The molecule has 0 fully saturated rings. The van der Waals surface area contributed by atoms with Gasteiger partial charge in [0.15, 0.2) is 11.5 Å². The third kappa shape index (κ3) is 7.84. The molecule has 0 saturated carbocycles. The summed E-state index contributed by atoms with van der Waals surface area (Å²) in [4.78, 5) is 25.5. The second-order valence-corrected chi connectivity index (χ2v) is 8.19. The number of benzene rings is 4. The van der Waals surface area contributed by atoms with Gasteiger partial charge >= 0.3 is 18.2 Å². The van der Waals surface area contributed by atoms with Crippen molar-refractivity contribution >= 4 is 18.1 Å². The van der Waals surface area contributed by atoms with Crippen LogP contribution in [0.25, 0.3) is 0 Å². The normalized spacial score (nSPS) is 10.7. The van der Waals surface area contributed by atoms with Crippen LogP contribution in [0.1, 0.15) is 22.8 Å². The van der Waals surface area contributed by atoms with Crippen molar-refractivity contribution < 1.29 is 33.3 Å². The number of methoxy groups -OCH3 is 1. The number of carbonyl (C=O) groups is 2. The lowest BCUT2D eigenvalue weighted by atomic mass is 10.2. The maximum absolute atomic E-state index is 12.9. The maximum Gasteiger partial charge on any atom is 0.343 e. The van der Waals surface area contributed by atoms with Crippen molar-refractivity contribution in [2.24, 2.45) is 5.10 Å². The van der Waals surface area contributed by atoms with E-state index in [1.807, 2.05) is 19.1 Å². The molecule has 0 aliphatic heterocycles. The van der Waals surface area contributed by atoms with E-state index in [9.17, 15) is 9.59 Å². The molecule has 40 heavy (non-hydrogen) atoms. The minimum absolute atomic E-state index is 0.232. The number of carbonyl (C=O) groups excluding carboxylic acids is 2. The van der Waals surface area contributed by atoms with Gasteiger partial charge in [0.25, 0.3) is 0 Å². The molecule has 0 spiro atoms. The Balaban J connectivity index is 1.40. The second-order valence-electron chi connectivity index (χ2n) is 8.19. The molecular weight excluding hydrogens is 512 g/mol. The summed E-state index contributed by atoms with van der Waals surface area (Å²) in [6.07, 6.45) is 0.126. The van der Waals surface area contributed by atoms with E-state index in [4.69, 9.17) is 23.7 Å². The molecule has 0 aliphatic carbocycles. The number of hydrogen-bond acceptors (Lipinski definition) is 8. The number of nitrogens with zero attached hydrogens (tertiary/aromatic N) is 1. The summed E-state index contributed by atoms with van der Waals surface area (Å²) in [5.74, 6) is 0.972. The van der Waals surface area contributed by atoms with Crippen LogP contribution in [-0.4, -0.2) is 38.1 Å². The van der Waals surface area contributed by atoms with E-state index < -0.39 is 18.2 Å². The van der Waals surface area contributed by atoms with Gasteiger partial charge in [0.2, 0.25) is 0 Å². The highest BCUT2D eigenvalue weighted by atomic mass is 16.7. The van der Waals surface area contributed by atoms with E-state index in [2.05, 4.69) is 10.5 Å². The number of esters is 1. The number of hydrogen-bond donors (Lipinski definition) is 1. The van der Waals surface area contributed by atoms with Gasteiger partial charge in [-0.3, -0.25) is 4.79 Å². The molecule has 0 bridgehead atoms. The van der Waals surface area contributed by atoms with Gasteiger partial charge < -0.3 is 23.7 Å². The first-order chi connectivity index (χ1) is 19.6. The summed E-state index contributed by atoms with van der Waals surface area (Å²) in [6.45, 7) is 2.41. The quantitative estimate of drug-likeness (QED) is 0.0861. The zero-order valence-corrected chi connectivity index (χ0v) is 22.0. The SMILES string of the molecule is CCOc1ccc(C(=O)Oc2ccc(/C=N/NC(=O)C(Oc3ccccc3)Oc3ccccc3)cc2OC)cc1. The Morgan fingerprint density at radius 1 is 0.800 bits per heavy atom. The molecule has 0 aromatic heterocycles. The van der Waals surface area contributed by atoms with E-state index in [0.717, 1.165) is 0 Å². The molecule has 4 aromatic rings. The largest absolute Gasteiger partial charge is 0.494 e. The molecule has 1 N–H and O–H groups in total. The van der Waals surface area contributed by atoms with Crippen LogP contribution in [-0.2, 0) is 4.79 Å². The molecule has 204 valence electrons. The molecule has 1 amide bonds. The van der Waals surface area contributed by atoms with E-state index >= 15 is 0 Å². The molecule has 9 nitrogen and oxygen atoms in total. The van der Waals surface area contributed by atoms with Crippen molar-refractivity contribution in [3.8, 4) is 28.7 Å². The molecule has 0 radical (unpaired) electrons. The van der Waals surface area contributed by atoms with Crippen LogP contribution in [0, 0.1) is 0 Å². The Bertz CT molecular complexity index is 1380. The zero-order chi connectivity index (χ0) is 28.2. The fourth-order valence-electron chi connectivity index (χ4n) is 3.46. The number of amides is 1. The predicted molar refractivity (Wildman–Crippen MR) is 149 cm³/mol. The van der Waals surface area contributed by atoms with Gasteiger partial charge in [-0.05, 0) is 79.2 Å². The molecule has 0 atom stereocenters. The van der Waals surface area contributed by atoms with E-state index in [-0.39, 0.29) is 5.75 Å². The number of para-hydroxylation sites is 2. The molecule has 9 heteroatoms. The van der Waals surface area contributed by atoms with Crippen molar-refractivity contribution in [2.75, 3.05) is 13.7 Å². The summed E-state index contributed by atoms with van der Waals surface area (Å²) in [5.41, 5.74) is 3.39. The van der Waals surface area contributed by atoms with Gasteiger partial charge in [0.05, 0.1) is 25.5 Å². The Labute approximate surface area is 231 Å². The van der Waals surface area contributed by atoms with Crippen LogP contribution < -0.4 is 29.1 Å². The monoisotopic (exact) mass is 540 g/mol. The van der Waals surface area contributed by atoms with Crippen molar-refractivity contribution in [3.05, 3.63) is 114 Å². The second kappa shape index (κ2) is 14.0. The Morgan fingerprint density at radius 3 is 2.00 bits per heavy atom. The van der Waals surface area contributed by atoms with E-state index in [1.54, 1.807) is 91.0 Å². The fourth-order valence-corrected chi connectivity index (χ4v) is 3.46. The van der Waals surface area contributed by atoms with Gasteiger partial charge in [-0.15, -0.1) is 0 Å². The standard InChI is InChI=1S/C31H28N2O7/c1-3-37-24-17-15-23(16-18-24)30(35)40-27-19-14-22(20-28(27)36-2)21-32-33-29(34)31(38-25-10-6-4-7-11-25)39-26-12-8-5-9-13-26/h4-21,31H,3H2,1-2H3,(H,33,34)/b32-21+. The van der Waals surface area contributed by atoms with Crippen molar-refractivity contribution in [1.29, 1.82) is 0 Å². The average Bonchev–Trinajstić information content (AvgIpc) is 2.99. The highest BCUT2D eigenvalue weighted by Gasteiger charge is 2.22. The summed E-state index contributed by atoms with van der Waals surface area (Å²) in [5, 5.41) is 4.02. The van der Waals surface area contributed by atoms with Gasteiger partial charge in [-0.1, -0.05) is 36.4 Å². The van der Waals surface area contributed by atoms with Crippen molar-refractivity contribution in [1.82, 2.24) is 5.43 Å². The van der Waals surface area contributed by atoms with Crippen LogP contribution >= 0.6 is 0 Å². The van der Waals surface area contributed by atoms with E-state index in [1.165, 1.54) is 13.3 Å². The first-order valence-corrected chi connectivity index (χ1v) is 12.4. The van der Waals surface area contributed by atoms with Crippen molar-refractivity contribution in [2.45, 2.75) is 13.2 Å². The molecular formula is C31H28N2O7.